The molecule has 0 spiro atoms. The molecule has 7 heteroatoms. The van der Waals surface area contributed by atoms with Crippen LogP contribution in [-0.2, 0) is 0 Å². The van der Waals surface area contributed by atoms with Crippen LogP contribution >= 0.6 is 0 Å². The molecule has 1 amide bonds. The molecule has 0 radical (unpaired) electrons. The van der Waals surface area contributed by atoms with Crippen molar-refractivity contribution in [3.63, 3.8) is 0 Å². The van der Waals surface area contributed by atoms with Crippen molar-refractivity contribution in [3.8, 4) is 11.5 Å². The summed E-state index contributed by atoms with van der Waals surface area (Å²) >= 11 is 0. The van der Waals surface area contributed by atoms with Crippen molar-refractivity contribution in [2.75, 3.05) is 0 Å². The molecule has 0 bridgehead atoms. The Kier molecular flexibility index (Phi) is 3.41. The van der Waals surface area contributed by atoms with Crippen molar-refractivity contribution in [1.82, 2.24) is 19.7 Å². The second kappa shape index (κ2) is 5.59. The third-order valence-electron chi connectivity index (χ3n) is 3.89. The van der Waals surface area contributed by atoms with Crippen LogP contribution in [-0.4, -0.2) is 26.3 Å². The van der Waals surface area contributed by atoms with Crippen LogP contribution in [0, 0.1) is 11.6 Å². The third kappa shape index (κ3) is 2.58. The molecule has 24 heavy (non-hydrogen) atoms. The van der Waals surface area contributed by atoms with Crippen LogP contribution in [0.3, 0.4) is 0 Å². The molecule has 2 heterocycles. The predicted octanol–water partition coefficient (Wildman–Crippen LogP) is 2.83. The largest absolute Gasteiger partial charge is 0.349 e. The van der Waals surface area contributed by atoms with Crippen molar-refractivity contribution in [2.45, 2.75) is 18.9 Å². The van der Waals surface area contributed by atoms with E-state index in [1.807, 2.05) is 0 Å². The minimum Gasteiger partial charge on any atom is -0.349 e. The Morgan fingerprint density at radius 1 is 1.21 bits per heavy atom. The lowest BCUT2D eigenvalue weighted by atomic mass is 10.2. The van der Waals surface area contributed by atoms with E-state index in [4.69, 9.17) is 0 Å². The molecule has 0 saturated heterocycles. The van der Waals surface area contributed by atoms with Gasteiger partial charge in [0.1, 0.15) is 17.1 Å². The number of nitrogens with zero attached hydrogens (tertiary/aromatic N) is 3. The number of halogens is 2. The highest BCUT2D eigenvalue weighted by Crippen LogP contribution is 2.24. The normalized spacial score (nSPS) is 13.9. The summed E-state index contributed by atoms with van der Waals surface area (Å²) in [6, 6.07) is 7.03. The fourth-order valence-electron chi connectivity index (χ4n) is 2.55. The highest BCUT2D eigenvalue weighted by molar-refractivity contribution is 5.97. The predicted molar refractivity (Wildman–Crippen MR) is 83.3 cm³/mol. The summed E-state index contributed by atoms with van der Waals surface area (Å²) in [6.45, 7) is 0. The molecule has 1 fully saturated rings. The van der Waals surface area contributed by atoms with E-state index in [0.717, 1.165) is 25.0 Å². The first-order chi connectivity index (χ1) is 11.6. The molecule has 1 aromatic carbocycles. The van der Waals surface area contributed by atoms with Crippen LogP contribution in [0.25, 0.3) is 11.5 Å². The monoisotopic (exact) mass is 328 g/mol. The number of amides is 1. The minimum absolute atomic E-state index is 0.0746. The van der Waals surface area contributed by atoms with Crippen molar-refractivity contribution in [3.05, 3.63) is 66.1 Å². The summed E-state index contributed by atoms with van der Waals surface area (Å²) in [5.74, 6) is -1.27. The standard InChI is InChI=1S/C17H14F2N4O/c18-11-3-6-15(14(19)9-11)23-17(22-7-1-2-8-22)13(10-20-23)16(24)21-12-4-5-12/h1-3,6-10,12H,4-5H2,(H,21,24). The Bertz CT molecular complexity index is 897. The van der Waals surface area contributed by atoms with E-state index in [9.17, 15) is 13.6 Å². The van der Waals surface area contributed by atoms with Gasteiger partial charge in [-0.05, 0) is 37.1 Å². The quantitative estimate of drug-likeness (QED) is 0.801. The minimum atomic E-state index is -0.749. The maximum absolute atomic E-state index is 14.2. The van der Waals surface area contributed by atoms with Crippen LogP contribution in [0.1, 0.15) is 23.2 Å². The highest BCUT2D eigenvalue weighted by atomic mass is 19.1. The number of nitrogens with one attached hydrogen (secondary N) is 1. The van der Waals surface area contributed by atoms with Crippen LogP contribution in [0.15, 0.2) is 48.9 Å². The van der Waals surface area contributed by atoms with E-state index in [0.29, 0.717) is 11.4 Å². The lowest BCUT2D eigenvalue weighted by Crippen LogP contribution is -2.26. The lowest BCUT2D eigenvalue weighted by Gasteiger charge is -2.11. The molecule has 3 aromatic rings. The van der Waals surface area contributed by atoms with Gasteiger partial charge in [0.15, 0.2) is 11.6 Å². The van der Waals surface area contributed by atoms with Crippen LogP contribution in [0.4, 0.5) is 8.78 Å². The molecular weight excluding hydrogens is 314 g/mol. The summed E-state index contributed by atoms with van der Waals surface area (Å²) in [7, 11) is 0. The molecule has 0 atom stereocenters. The van der Waals surface area contributed by atoms with E-state index in [1.54, 1.807) is 29.1 Å². The Labute approximate surface area is 136 Å². The van der Waals surface area contributed by atoms with Gasteiger partial charge in [-0.3, -0.25) is 4.79 Å². The molecule has 1 N–H and O–H groups in total. The molecular formula is C17H14F2N4O. The van der Waals surface area contributed by atoms with E-state index in [-0.39, 0.29) is 17.6 Å². The zero-order valence-corrected chi connectivity index (χ0v) is 12.6. The summed E-state index contributed by atoms with van der Waals surface area (Å²) in [5, 5.41) is 7.06. The average Bonchev–Trinajstić information content (AvgIpc) is 3.03. The van der Waals surface area contributed by atoms with Gasteiger partial charge in [0, 0.05) is 24.5 Å². The second-order valence-corrected chi connectivity index (χ2v) is 5.73. The van der Waals surface area contributed by atoms with E-state index in [2.05, 4.69) is 10.4 Å². The number of aromatic nitrogens is 3. The van der Waals surface area contributed by atoms with Gasteiger partial charge < -0.3 is 9.88 Å². The lowest BCUT2D eigenvalue weighted by molar-refractivity contribution is 0.0951. The average molecular weight is 328 g/mol. The van der Waals surface area contributed by atoms with Gasteiger partial charge in [-0.15, -0.1) is 0 Å². The number of rotatable bonds is 4. The summed E-state index contributed by atoms with van der Waals surface area (Å²) in [5.41, 5.74) is 0.410. The number of carbonyl (C=O) groups is 1. The highest BCUT2D eigenvalue weighted by Gasteiger charge is 2.27. The topological polar surface area (TPSA) is 51.9 Å². The Morgan fingerprint density at radius 3 is 2.62 bits per heavy atom. The van der Waals surface area contributed by atoms with Gasteiger partial charge in [0.25, 0.3) is 5.91 Å². The smallest absolute Gasteiger partial charge is 0.256 e. The van der Waals surface area contributed by atoms with Gasteiger partial charge in [0.2, 0.25) is 0 Å². The van der Waals surface area contributed by atoms with Crippen LogP contribution in [0.2, 0.25) is 0 Å². The van der Waals surface area contributed by atoms with Gasteiger partial charge in [-0.2, -0.15) is 5.10 Å². The number of hydrogen-bond acceptors (Lipinski definition) is 2. The number of hydrogen-bond donors (Lipinski definition) is 1. The van der Waals surface area contributed by atoms with Crippen molar-refractivity contribution in [1.29, 1.82) is 0 Å². The maximum Gasteiger partial charge on any atom is 0.256 e. The maximum atomic E-state index is 14.2. The first-order valence-corrected chi connectivity index (χ1v) is 7.61. The summed E-state index contributed by atoms with van der Waals surface area (Å²) in [4.78, 5) is 12.5. The fraction of sp³-hybridized carbons (Fsp3) is 0.176. The van der Waals surface area contributed by atoms with Crippen molar-refractivity contribution in [2.24, 2.45) is 0 Å². The first-order valence-electron chi connectivity index (χ1n) is 7.61. The van der Waals surface area contributed by atoms with Gasteiger partial charge in [0.05, 0.1) is 6.20 Å². The molecule has 5 nitrogen and oxygen atoms in total. The summed E-state index contributed by atoms with van der Waals surface area (Å²) < 4.78 is 30.3. The van der Waals surface area contributed by atoms with E-state index in [1.165, 1.54) is 16.9 Å². The number of benzene rings is 1. The molecule has 2 aromatic heterocycles. The van der Waals surface area contributed by atoms with Crippen LogP contribution in [0.5, 0.6) is 0 Å². The third-order valence-corrected chi connectivity index (χ3v) is 3.89. The van der Waals surface area contributed by atoms with Crippen molar-refractivity contribution >= 4 is 5.91 Å². The summed E-state index contributed by atoms with van der Waals surface area (Å²) in [6.07, 6.45) is 6.80. The molecule has 0 aliphatic heterocycles. The Hall–Kier alpha value is -2.96. The first kappa shape index (κ1) is 14.6. The fourth-order valence-corrected chi connectivity index (χ4v) is 2.55. The molecule has 1 aliphatic carbocycles. The van der Waals surface area contributed by atoms with Crippen molar-refractivity contribution < 1.29 is 13.6 Å². The van der Waals surface area contributed by atoms with E-state index >= 15 is 0 Å². The molecule has 1 aliphatic rings. The van der Waals surface area contributed by atoms with Crippen LogP contribution < -0.4 is 5.32 Å². The SMILES string of the molecule is O=C(NC1CC1)c1cnn(-c2ccc(F)cc2F)c1-n1cccc1. The molecule has 0 unspecified atom stereocenters. The molecule has 122 valence electrons. The zero-order valence-electron chi connectivity index (χ0n) is 12.6. The van der Waals surface area contributed by atoms with Gasteiger partial charge in [-0.1, -0.05) is 0 Å². The van der Waals surface area contributed by atoms with Gasteiger partial charge in [-0.25, -0.2) is 13.5 Å². The van der Waals surface area contributed by atoms with Gasteiger partial charge >= 0.3 is 0 Å². The zero-order chi connectivity index (χ0) is 16.7. The molecule has 1 saturated carbocycles. The number of carbonyl (C=O) groups excluding carboxylic acids is 1. The Morgan fingerprint density at radius 2 is 1.96 bits per heavy atom. The molecule has 4 rings (SSSR count). The van der Waals surface area contributed by atoms with E-state index < -0.39 is 11.6 Å². The second-order valence-electron chi connectivity index (χ2n) is 5.73. The Balaban J connectivity index is 1.85.